The third-order valence-corrected chi connectivity index (χ3v) is 3.78. The van der Waals surface area contributed by atoms with Gasteiger partial charge in [0.05, 0.1) is 6.54 Å². The van der Waals surface area contributed by atoms with Crippen molar-refractivity contribution in [2.75, 3.05) is 0 Å². The molecule has 1 aromatic carbocycles. The van der Waals surface area contributed by atoms with Crippen LogP contribution in [0.25, 0.3) is 0 Å². The Bertz CT molecular complexity index is 724. The van der Waals surface area contributed by atoms with Gasteiger partial charge in [0.1, 0.15) is 11.5 Å². The standard InChI is InChI=1S/C19H23F2N3/c1-18(2,3)15-9-10-23-16(11-15)17(22)24-12-13-5-7-14(8-6-13)19(4,20)21/h5-11H,12H2,1-4H3,(H2,22,24). The summed E-state index contributed by atoms with van der Waals surface area (Å²) in [6.07, 6.45) is 1.72. The maximum absolute atomic E-state index is 13.2. The van der Waals surface area contributed by atoms with E-state index in [1.54, 1.807) is 18.3 Å². The second kappa shape index (κ2) is 6.67. The van der Waals surface area contributed by atoms with Crippen molar-refractivity contribution in [2.45, 2.75) is 45.6 Å². The minimum Gasteiger partial charge on any atom is -0.382 e. The second-order valence-corrected chi connectivity index (χ2v) is 6.97. The van der Waals surface area contributed by atoms with Gasteiger partial charge in [-0.2, -0.15) is 0 Å². The summed E-state index contributed by atoms with van der Waals surface area (Å²) >= 11 is 0. The molecule has 3 nitrogen and oxygen atoms in total. The van der Waals surface area contributed by atoms with Gasteiger partial charge in [-0.15, -0.1) is 0 Å². The highest BCUT2D eigenvalue weighted by molar-refractivity contribution is 5.95. The molecule has 0 saturated carbocycles. The summed E-state index contributed by atoms with van der Waals surface area (Å²) in [6, 6.07) is 10.0. The molecule has 1 heterocycles. The Morgan fingerprint density at radius 2 is 1.67 bits per heavy atom. The number of aliphatic imine (C=N–C) groups is 1. The van der Waals surface area contributed by atoms with Crippen LogP contribution in [0.15, 0.2) is 47.6 Å². The number of hydrogen-bond donors (Lipinski definition) is 1. The Labute approximate surface area is 141 Å². The number of benzene rings is 1. The third kappa shape index (κ3) is 4.60. The van der Waals surface area contributed by atoms with Gasteiger partial charge in [0.2, 0.25) is 0 Å². The van der Waals surface area contributed by atoms with Crippen molar-refractivity contribution in [3.05, 3.63) is 65.0 Å². The normalized spacial score (nSPS) is 13.2. The van der Waals surface area contributed by atoms with Crippen molar-refractivity contribution in [3.63, 3.8) is 0 Å². The van der Waals surface area contributed by atoms with E-state index in [2.05, 4.69) is 30.7 Å². The van der Waals surface area contributed by atoms with Gasteiger partial charge < -0.3 is 5.73 Å². The predicted molar refractivity (Wildman–Crippen MR) is 93.4 cm³/mol. The van der Waals surface area contributed by atoms with Crippen molar-refractivity contribution in [1.82, 2.24) is 4.98 Å². The highest BCUT2D eigenvalue weighted by Gasteiger charge is 2.23. The van der Waals surface area contributed by atoms with Crippen LogP contribution in [-0.4, -0.2) is 10.8 Å². The second-order valence-electron chi connectivity index (χ2n) is 6.97. The number of rotatable bonds is 4. The van der Waals surface area contributed by atoms with Gasteiger partial charge in [-0.1, -0.05) is 45.0 Å². The number of aromatic nitrogens is 1. The molecule has 0 atom stereocenters. The van der Waals surface area contributed by atoms with E-state index in [-0.39, 0.29) is 11.0 Å². The Kier molecular flexibility index (Phi) is 5.02. The van der Waals surface area contributed by atoms with Crippen molar-refractivity contribution in [3.8, 4) is 0 Å². The number of pyridine rings is 1. The lowest BCUT2D eigenvalue weighted by atomic mass is 9.87. The van der Waals surface area contributed by atoms with Crippen LogP contribution in [0.1, 0.15) is 50.1 Å². The molecule has 0 aliphatic carbocycles. The number of hydrogen-bond acceptors (Lipinski definition) is 2. The van der Waals surface area contributed by atoms with Crippen molar-refractivity contribution < 1.29 is 8.78 Å². The molecule has 0 amide bonds. The van der Waals surface area contributed by atoms with E-state index in [0.29, 0.717) is 18.1 Å². The van der Waals surface area contributed by atoms with Crippen LogP contribution in [-0.2, 0) is 17.9 Å². The van der Waals surface area contributed by atoms with E-state index in [0.717, 1.165) is 18.1 Å². The van der Waals surface area contributed by atoms with E-state index < -0.39 is 5.92 Å². The van der Waals surface area contributed by atoms with Crippen LogP contribution < -0.4 is 5.73 Å². The van der Waals surface area contributed by atoms with Gasteiger partial charge in [-0.25, -0.2) is 8.78 Å². The third-order valence-electron chi connectivity index (χ3n) is 3.78. The average Bonchev–Trinajstić information content (AvgIpc) is 2.51. The van der Waals surface area contributed by atoms with Gasteiger partial charge in [0.25, 0.3) is 5.92 Å². The van der Waals surface area contributed by atoms with E-state index in [1.165, 1.54) is 12.1 Å². The summed E-state index contributed by atoms with van der Waals surface area (Å²) in [5.41, 5.74) is 8.58. The van der Waals surface area contributed by atoms with Gasteiger partial charge in [-0.3, -0.25) is 9.98 Å². The Balaban J connectivity index is 2.15. The first-order valence-corrected chi connectivity index (χ1v) is 7.81. The quantitative estimate of drug-likeness (QED) is 0.667. The van der Waals surface area contributed by atoms with Crippen LogP contribution in [0.4, 0.5) is 8.78 Å². The van der Waals surface area contributed by atoms with Gasteiger partial charge in [0, 0.05) is 18.7 Å². The molecule has 24 heavy (non-hydrogen) atoms. The summed E-state index contributed by atoms with van der Waals surface area (Å²) in [5, 5.41) is 0. The minimum atomic E-state index is -2.84. The minimum absolute atomic E-state index is 0.000811. The molecule has 128 valence electrons. The number of nitrogens with two attached hydrogens (primary N) is 1. The summed E-state index contributed by atoms with van der Waals surface area (Å²) in [4.78, 5) is 8.58. The lowest BCUT2D eigenvalue weighted by Crippen LogP contribution is -2.18. The first-order chi connectivity index (χ1) is 11.1. The number of alkyl halides is 2. The molecule has 2 aromatic rings. The molecular formula is C19H23F2N3. The Morgan fingerprint density at radius 3 is 2.21 bits per heavy atom. The molecule has 0 fully saturated rings. The molecule has 2 N–H and O–H groups in total. The molecule has 0 unspecified atom stereocenters. The van der Waals surface area contributed by atoms with E-state index in [4.69, 9.17) is 5.73 Å². The largest absolute Gasteiger partial charge is 0.382 e. The zero-order valence-corrected chi connectivity index (χ0v) is 14.5. The van der Waals surface area contributed by atoms with Crippen molar-refractivity contribution >= 4 is 5.84 Å². The molecule has 0 aliphatic rings. The van der Waals surface area contributed by atoms with Crippen LogP contribution in [0.2, 0.25) is 0 Å². The highest BCUT2D eigenvalue weighted by Crippen LogP contribution is 2.27. The molecule has 1 aromatic heterocycles. The van der Waals surface area contributed by atoms with Gasteiger partial charge in [0.15, 0.2) is 0 Å². The molecule has 0 radical (unpaired) electrons. The maximum Gasteiger partial charge on any atom is 0.270 e. The molecule has 0 aliphatic heterocycles. The number of halogens is 2. The zero-order valence-electron chi connectivity index (χ0n) is 14.5. The summed E-state index contributed by atoms with van der Waals surface area (Å²) < 4.78 is 26.4. The lowest BCUT2D eigenvalue weighted by Gasteiger charge is -2.19. The molecule has 2 rings (SSSR count). The van der Waals surface area contributed by atoms with Crippen molar-refractivity contribution in [2.24, 2.45) is 10.7 Å². The fourth-order valence-electron chi connectivity index (χ4n) is 2.20. The fraction of sp³-hybridized carbons (Fsp3) is 0.368. The van der Waals surface area contributed by atoms with E-state index >= 15 is 0 Å². The molecule has 5 heteroatoms. The van der Waals surface area contributed by atoms with E-state index in [9.17, 15) is 8.78 Å². The molecule has 0 saturated heterocycles. The maximum atomic E-state index is 13.2. The SMILES string of the molecule is CC(C)(C)c1ccnc(C(N)=NCc2ccc(C(C)(F)F)cc2)c1. The average molecular weight is 331 g/mol. The lowest BCUT2D eigenvalue weighted by molar-refractivity contribution is 0.0174. The van der Waals surface area contributed by atoms with E-state index in [1.807, 2.05) is 12.1 Å². The summed E-state index contributed by atoms with van der Waals surface area (Å²) in [6.45, 7) is 7.55. The Morgan fingerprint density at radius 1 is 1.04 bits per heavy atom. The first-order valence-electron chi connectivity index (χ1n) is 7.81. The smallest absolute Gasteiger partial charge is 0.270 e. The van der Waals surface area contributed by atoms with Gasteiger partial charge in [-0.05, 0) is 28.7 Å². The highest BCUT2D eigenvalue weighted by atomic mass is 19.3. The van der Waals surface area contributed by atoms with Crippen LogP contribution in [0.5, 0.6) is 0 Å². The number of nitrogens with zero attached hydrogens (tertiary/aromatic N) is 2. The summed E-state index contributed by atoms with van der Waals surface area (Å²) in [7, 11) is 0. The zero-order chi connectivity index (χ0) is 18.0. The van der Waals surface area contributed by atoms with Crippen LogP contribution in [0, 0.1) is 0 Å². The van der Waals surface area contributed by atoms with Crippen molar-refractivity contribution in [1.29, 1.82) is 0 Å². The summed E-state index contributed by atoms with van der Waals surface area (Å²) in [5.74, 6) is -2.50. The fourth-order valence-corrected chi connectivity index (χ4v) is 2.20. The van der Waals surface area contributed by atoms with Crippen LogP contribution in [0.3, 0.4) is 0 Å². The monoisotopic (exact) mass is 331 g/mol. The Hall–Kier alpha value is -2.30. The molecule has 0 spiro atoms. The number of amidine groups is 1. The first kappa shape index (κ1) is 18.0. The van der Waals surface area contributed by atoms with Gasteiger partial charge >= 0.3 is 0 Å². The predicted octanol–water partition coefficient (Wildman–Crippen LogP) is 4.40. The molecular weight excluding hydrogens is 308 g/mol. The topological polar surface area (TPSA) is 51.3 Å². The van der Waals surface area contributed by atoms with Crippen LogP contribution >= 0.6 is 0 Å². The molecule has 0 bridgehead atoms.